The Kier molecular flexibility index (Phi) is 6.30. The van der Waals surface area contributed by atoms with E-state index in [1.807, 2.05) is 48.5 Å². The Morgan fingerprint density at radius 3 is 2.52 bits per heavy atom. The van der Waals surface area contributed by atoms with E-state index in [0.717, 1.165) is 17.5 Å². The minimum absolute atomic E-state index is 0.149. The molecule has 0 bridgehead atoms. The molecule has 0 aliphatic carbocycles. The first-order chi connectivity index (χ1) is 11.1. The van der Waals surface area contributed by atoms with Gasteiger partial charge in [0.15, 0.2) is 5.05 Å². The van der Waals surface area contributed by atoms with Gasteiger partial charge in [-0.25, -0.2) is 0 Å². The van der Waals surface area contributed by atoms with Gasteiger partial charge >= 0.3 is 0 Å². The normalized spacial score (nSPS) is 12.9. The van der Waals surface area contributed by atoms with Crippen LogP contribution in [0.1, 0.15) is 29.7 Å². The van der Waals surface area contributed by atoms with Crippen LogP contribution in [0, 0.1) is 5.92 Å². The fraction of sp³-hybridized carbons (Fsp3) is 0.190. The third-order valence-electron chi connectivity index (χ3n) is 3.72. The summed E-state index contributed by atoms with van der Waals surface area (Å²) in [5.41, 5.74) is 3.41. The van der Waals surface area contributed by atoms with Crippen LogP contribution in [-0.4, -0.2) is 5.05 Å². The second-order valence-corrected chi connectivity index (χ2v) is 5.96. The molecule has 0 aliphatic heterocycles. The topological polar surface area (TPSA) is 9.23 Å². The van der Waals surface area contributed by atoms with E-state index in [4.69, 9.17) is 17.0 Å². The van der Waals surface area contributed by atoms with Crippen LogP contribution in [0.3, 0.4) is 0 Å². The number of thiocarbonyl (C=S) groups is 1. The van der Waals surface area contributed by atoms with E-state index in [1.165, 1.54) is 5.56 Å². The molecule has 2 unspecified atom stereocenters. The number of rotatable bonds is 7. The largest absolute Gasteiger partial charge is 0.475 e. The molecule has 2 atom stereocenters. The van der Waals surface area contributed by atoms with E-state index in [-0.39, 0.29) is 12.0 Å². The van der Waals surface area contributed by atoms with Crippen LogP contribution in [0.15, 0.2) is 73.8 Å². The van der Waals surface area contributed by atoms with Crippen molar-refractivity contribution in [2.45, 2.75) is 19.4 Å². The monoisotopic (exact) mass is 322 g/mol. The molecule has 2 rings (SSSR count). The van der Waals surface area contributed by atoms with Crippen molar-refractivity contribution >= 4 is 23.3 Å². The fourth-order valence-corrected chi connectivity index (χ4v) is 2.61. The van der Waals surface area contributed by atoms with Gasteiger partial charge in [0.2, 0.25) is 0 Å². The van der Waals surface area contributed by atoms with E-state index in [2.05, 4.69) is 32.2 Å². The maximum Gasteiger partial charge on any atom is 0.164 e. The van der Waals surface area contributed by atoms with Gasteiger partial charge in [0, 0.05) is 5.92 Å². The highest BCUT2D eigenvalue weighted by Gasteiger charge is 2.16. The molecule has 0 radical (unpaired) electrons. The molecule has 23 heavy (non-hydrogen) atoms. The molecular weight excluding hydrogens is 300 g/mol. The fourth-order valence-electron chi connectivity index (χ4n) is 2.42. The molecule has 2 aromatic carbocycles. The third kappa shape index (κ3) is 4.90. The molecule has 0 saturated carbocycles. The molecule has 0 spiro atoms. The molecule has 0 heterocycles. The molecule has 0 aliphatic rings. The Hall–Kier alpha value is -2.19. The quantitative estimate of drug-likeness (QED) is 0.472. The van der Waals surface area contributed by atoms with Crippen LogP contribution in [0.2, 0.25) is 0 Å². The van der Waals surface area contributed by atoms with Gasteiger partial charge in [0.05, 0.1) is 0 Å². The molecular formula is C21H22OS. The molecule has 1 nitrogen and oxygen atoms in total. The van der Waals surface area contributed by atoms with E-state index >= 15 is 0 Å². The van der Waals surface area contributed by atoms with Gasteiger partial charge in [-0.3, -0.25) is 0 Å². The van der Waals surface area contributed by atoms with Crippen LogP contribution < -0.4 is 0 Å². The number of benzene rings is 2. The summed E-state index contributed by atoms with van der Waals surface area (Å²) in [7, 11) is 0. The van der Waals surface area contributed by atoms with Gasteiger partial charge in [0.1, 0.15) is 6.10 Å². The summed E-state index contributed by atoms with van der Waals surface area (Å²) in [6.07, 6.45) is 4.28. The Balaban J connectivity index is 2.01. The van der Waals surface area contributed by atoms with Gasteiger partial charge in [-0.1, -0.05) is 80.8 Å². The van der Waals surface area contributed by atoms with Crippen molar-refractivity contribution in [1.29, 1.82) is 0 Å². The van der Waals surface area contributed by atoms with Crippen molar-refractivity contribution in [3.05, 3.63) is 90.5 Å². The first-order valence-electron chi connectivity index (χ1n) is 7.73. The molecule has 0 aromatic heterocycles. The maximum atomic E-state index is 5.97. The van der Waals surface area contributed by atoms with Gasteiger partial charge in [-0.15, -0.1) is 0 Å². The van der Waals surface area contributed by atoms with Crippen molar-refractivity contribution in [3.8, 4) is 0 Å². The first kappa shape index (κ1) is 17.2. The maximum absolute atomic E-state index is 5.97. The van der Waals surface area contributed by atoms with Gasteiger partial charge in [0.25, 0.3) is 0 Å². The summed E-state index contributed by atoms with van der Waals surface area (Å²) in [4.78, 5) is 0. The van der Waals surface area contributed by atoms with Crippen LogP contribution in [0.5, 0.6) is 0 Å². The minimum Gasteiger partial charge on any atom is -0.475 e. The predicted molar refractivity (Wildman–Crippen MR) is 102 cm³/mol. The highest BCUT2D eigenvalue weighted by atomic mass is 32.1. The van der Waals surface area contributed by atoms with Crippen LogP contribution in [0.4, 0.5) is 0 Å². The highest BCUT2D eigenvalue weighted by Crippen LogP contribution is 2.22. The lowest BCUT2D eigenvalue weighted by atomic mass is 10.00. The molecule has 2 aromatic rings. The summed E-state index contributed by atoms with van der Waals surface area (Å²) in [5, 5.41) is 0.614. The molecule has 2 heteroatoms. The number of hydrogen-bond acceptors (Lipinski definition) is 2. The van der Waals surface area contributed by atoms with Crippen LogP contribution >= 0.6 is 12.2 Å². The Morgan fingerprint density at radius 1 is 1.13 bits per heavy atom. The highest BCUT2D eigenvalue weighted by molar-refractivity contribution is 7.80. The Bertz CT molecular complexity index is 675. The average molecular weight is 322 g/mol. The van der Waals surface area contributed by atoms with Gasteiger partial charge in [-0.05, 0) is 41.4 Å². The zero-order valence-electron chi connectivity index (χ0n) is 13.4. The lowest BCUT2D eigenvalue weighted by Gasteiger charge is -2.20. The third-order valence-corrected chi connectivity index (χ3v) is 4.21. The molecule has 0 N–H and O–H groups in total. The first-order valence-corrected chi connectivity index (χ1v) is 8.14. The lowest BCUT2D eigenvalue weighted by Crippen LogP contribution is -2.17. The van der Waals surface area contributed by atoms with Crippen molar-refractivity contribution in [3.63, 3.8) is 0 Å². The Labute approximate surface area is 144 Å². The summed E-state index contributed by atoms with van der Waals surface area (Å²) in [5.74, 6) is 0.149. The van der Waals surface area contributed by atoms with Crippen molar-refractivity contribution in [1.82, 2.24) is 0 Å². The average Bonchev–Trinajstić information content (AvgIpc) is 2.60. The summed E-state index contributed by atoms with van der Waals surface area (Å²) >= 11 is 5.49. The second-order valence-electron chi connectivity index (χ2n) is 5.56. The Morgan fingerprint density at radius 2 is 1.87 bits per heavy atom. The zero-order chi connectivity index (χ0) is 16.7. The van der Waals surface area contributed by atoms with Crippen molar-refractivity contribution in [2.75, 3.05) is 0 Å². The van der Waals surface area contributed by atoms with Crippen molar-refractivity contribution in [2.24, 2.45) is 5.92 Å². The van der Waals surface area contributed by atoms with E-state index in [1.54, 1.807) is 6.08 Å². The van der Waals surface area contributed by atoms with Crippen molar-refractivity contribution < 1.29 is 4.74 Å². The molecule has 0 saturated heterocycles. The smallest absolute Gasteiger partial charge is 0.164 e. The SMILES string of the molecule is C=Cc1cccc(CC(C)C(=S)OC(C=C)c2ccccc2)c1. The molecule has 0 fully saturated rings. The summed E-state index contributed by atoms with van der Waals surface area (Å²) < 4.78 is 5.97. The standard InChI is InChI=1S/C21H22OS/c1-4-17-10-9-11-18(15-17)14-16(3)21(23)22-20(5-2)19-12-7-6-8-13-19/h4-13,15-16,20H,1-2,14H2,3H3. The lowest BCUT2D eigenvalue weighted by molar-refractivity contribution is 0.232. The second kappa shape index (κ2) is 8.44. The zero-order valence-corrected chi connectivity index (χ0v) is 14.3. The summed E-state index contributed by atoms with van der Waals surface area (Å²) in [6.45, 7) is 9.76. The summed E-state index contributed by atoms with van der Waals surface area (Å²) in [6, 6.07) is 18.3. The minimum atomic E-state index is -0.203. The van der Waals surface area contributed by atoms with E-state index in [9.17, 15) is 0 Å². The van der Waals surface area contributed by atoms with E-state index < -0.39 is 0 Å². The predicted octanol–water partition coefficient (Wildman–Crippen LogP) is 5.78. The number of hydrogen-bond donors (Lipinski definition) is 0. The number of ether oxygens (including phenoxy) is 1. The molecule has 0 amide bonds. The van der Waals surface area contributed by atoms with Crippen LogP contribution in [0.25, 0.3) is 6.08 Å². The van der Waals surface area contributed by atoms with Crippen LogP contribution in [-0.2, 0) is 11.2 Å². The molecule has 118 valence electrons. The van der Waals surface area contributed by atoms with Gasteiger partial charge in [-0.2, -0.15) is 0 Å². The van der Waals surface area contributed by atoms with Gasteiger partial charge < -0.3 is 4.74 Å². The van der Waals surface area contributed by atoms with E-state index in [0.29, 0.717) is 5.05 Å².